The van der Waals surface area contributed by atoms with Gasteiger partial charge in [-0.1, -0.05) is 31.4 Å². The van der Waals surface area contributed by atoms with Gasteiger partial charge in [0.05, 0.1) is 0 Å². The summed E-state index contributed by atoms with van der Waals surface area (Å²) in [6, 6.07) is 0. The van der Waals surface area contributed by atoms with Crippen LogP contribution in [0.1, 0.15) is 25.7 Å². The molecule has 0 spiro atoms. The fourth-order valence-corrected chi connectivity index (χ4v) is 0.918. The summed E-state index contributed by atoms with van der Waals surface area (Å²) in [7, 11) is 1.91. The number of rotatable bonds is 7. The van der Waals surface area contributed by atoms with Gasteiger partial charge < -0.3 is 5.32 Å². The van der Waals surface area contributed by atoms with Crippen molar-refractivity contribution in [2.45, 2.75) is 25.7 Å². The molecule has 1 heteroatoms. The SMILES string of the molecule is C=CC(=C)CCCCC(=C)NC. The molecule has 0 atom stereocenters. The lowest BCUT2D eigenvalue weighted by Gasteiger charge is -2.03. The Morgan fingerprint density at radius 1 is 1.25 bits per heavy atom. The molecular formula is C11H19N. The monoisotopic (exact) mass is 165 g/mol. The van der Waals surface area contributed by atoms with Gasteiger partial charge in [-0.3, -0.25) is 0 Å². The van der Waals surface area contributed by atoms with Gasteiger partial charge in [-0.2, -0.15) is 0 Å². The first-order chi connectivity index (χ1) is 5.70. The van der Waals surface area contributed by atoms with Crippen LogP contribution in [-0.2, 0) is 0 Å². The second kappa shape index (κ2) is 6.71. The average Bonchev–Trinajstić information content (AvgIpc) is 2.11. The summed E-state index contributed by atoms with van der Waals surface area (Å²) in [5.74, 6) is 0. The number of hydrogen-bond acceptors (Lipinski definition) is 1. The van der Waals surface area contributed by atoms with Crippen LogP contribution < -0.4 is 5.32 Å². The molecule has 0 aliphatic heterocycles. The number of nitrogens with one attached hydrogen (secondary N) is 1. The normalized spacial score (nSPS) is 9.08. The van der Waals surface area contributed by atoms with E-state index in [0.717, 1.165) is 24.1 Å². The highest BCUT2D eigenvalue weighted by Crippen LogP contribution is 2.09. The highest BCUT2D eigenvalue weighted by molar-refractivity contribution is 5.10. The Morgan fingerprint density at radius 3 is 2.33 bits per heavy atom. The zero-order valence-corrected chi connectivity index (χ0v) is 8.03. The van der Waals surface area contributed by atoms with E-state index >= 15 is 0 Å². The van der Waals surface area contributed by atoms with E-state index < -0.39 is 0 Å². The van der Waals surface area contributed by atoms with Gasteiger partial charge in [0.25, 0.3) is 0 Å². The van der Waals surface area contributed by atoms with Crippen molar-refractivity contribution in [1.82, 2.24) is 5.32 Å². The molecule has 0 amide bonds. The molecule has 0 aromatic heterocycles. The first-order valence-electron chi connectivity index (χ1n) is 4.36. The molecule has 12 heavy (non-hydrogen) atoms. The largest absolute Gasteiger partial charge is 0.392 e. The zero-order valence-electron chi connectivity index (χ0n) is 8.03. The molecular weight excluding hydrogens is 146 g/mol. The maximum Gasteiger partial charge on any atom is 0.00310 e. The van der Waals surface area contributed by atoms with E-state index in [4.69, 9.17) is 0 Å². The van der Waals surface area contributed by atoms with Gasteiger partial charge in [0, 0.05) is 12.7 Å². The summed E-state index contributed by atoms with van der Waals surface area (Å²) in [4.78, 5) is 0. The summed E-state index contributed by atoms with van der Waals surface area (Å²) in [5.41, 5.74) is 2.24. The zero-order chi connectivity index (χ0) is 9.40. The van der Waals surface area contributed by atoms with Crippen molar-refractivity contribution in [3.05, 3.63) is 37.1 Å². The van der Waals surface area contributed by atoms with Crippen molar-refractivity contribution in [3.8, 4) is 0 Å². The topological polar surface area (TPSA) is 12.0 Å². The van der Waals surface area contributed by atoms with Crippen LogP contribution in [0.25, 0.3) is 0 Å². The highest BCUT2D eigenvalue weighted by atomic mass is 14.8. The fraction of sp³-hybridized carbons (Fsp3) is 0.455. The van der Waals surface area contributed by atoms with Gasteiger partial charge in [0.15, 0.2) is 0 Å². The van der Waals surface area contributed by atoms with Crippen LogP contribution in [0, 0.1) is 0 Å². The summed E-state index contributed by atoms with van der Waals surface area (Å²) in [6.07, 6.45) is 6.28. The highest BCUT2D eigenvalue weighted by Gasteiger charge is 1.92. The van der Waals surface area contributed by atoms with Gasteiger partial charge >= 0.3 is 0 Å². The van der Waals surface area contributed by atoms with Gasteiger partial charge in [-0.25, -0.2) is 0 Å². The molecule has 0 fully saturated rings. The Hall–Kier alpha value is -0.980. The fourth-order valence-electron chi connectivity index (χ4n) is 0.918. The van der Waals surface area contributed by atoms with E-state index in [1.54, 1.807) is 0 Å². The van der Waals surface area contributed by atoms with Crippen LogP contribution in [0.4, 0.5) is 0 Å². The minimum absolute atomic E-state index is 1.06. The van der Waals surface area contributed by atoms with Crippen LogP contribution in [0.5, 0.6) is 0 Å². The summed E-state index contributed by atoms with van der Waals surface area (Å²) in [5, 5.41) is 3.03. The molecule has 0 aromatic rings. The van der Waals surface area contributed by atoms with Gasteiger partial charge in [-0.05, 0) is 25.7 Å². The lowest BCUT2D eigenvalue weighted by atomic mass is 10.1. The van der Waals surface area contributed by atoms with Gasteiger partial charge in [0.1, 0.15) is 0 Å². The predicted molar refractivity (Wildman–Crippen MR) is 56.0 cm³/mol. The van der Waals surface area contributed by atoms with Crippen molar-refractivity contribution < 1.29 is 0 Å². The average molecular weight is 165 g/mol. The quantitative estimate of drug-likeness (QED) is 0.451. The van der Waals surface area contributed by atoms with Gasteiger partial charge in [-0.15, -0.1) is 0 Å². The molecule has 0 bridgehead atoms. The first-order valence-corrected chi connectivity index (χ1v) is 4.36. The lowest BCUT2D eigenvalue weighted by molar-refractivity contribution is 0.707. The molecule has 0 rings (SSSR count). The van der Waals surface area contributed by atoms with Crippen LogP contribution in [0.15, 0.2) is 37.1 Å². The van der Waals surface area contributed by atoms with Crippen molar-refractivity contribution in [2.75, 3.05) is 7.05 Å². The van der Waals surface area contributed by atoms with Crippen LogP contribution in [0.2, 0.25) is 0 Å². The standard InChI is InChI=1S/C11H19N/c1-5-10(2)8-6-7-9-11(3)12-4/h5,12H,1-3,6-9H2,4H3. The Kier molecular flexibility index (Phi) is 6.16. The van der Waals surface area contributed by atoms with Gasteiger partial charge in [0.2, 0.25) is 0 Å². The Balaban J connectivity index is 3.27. The van der Waals surface area contributed by atoms with Crippen molar-refractivity contribution in [2.24, 2.45) is 0 Å². The molecule has 0 saturated heterocycles. The number of allylic oxidation sites excluding steroid dienone is 3. The second-order valence-electron chi connectivity index (χ2n) is 2.92. The second-order valence-corrected chi connectivity index (χ2v) is 2.92. The van der Waals surface area contributed by atoms with E-state index in [9.17, 15) is 0 Å². The van der Waals surface area contributed by atoms with E-state index in [1.807, 2.05) is 13.1 Å². The Bertz CT molecular complexity index is 168. The van der Waals surface area contributed by atoms with E-state index in [2.05, 4.69) is 25.1 Å². The summed E-state index contributed by atoms with van der Waals surface area (Å²) in [6.45, 7) is 11.4. The molecule has 0 aliphatic carbocycles. The lowest BCUT2D eigenvalue weighted by Crippen LogP contribution is -2.03. The third-order valence-corrected chi connectivity index (χ3v) is 1.87. The van der Waals surface area contributed by atoms with E-state index in [1.165, 1.54) is 12.8 Å². The molecule has 0 saturated carbocycles. The Morgan fingerprint density at radius 2 is 1.83 bits per heavy atom. The minimum Gasteiger partial charge on any atom is -0.392 e. The van der Waals surface area contributed by atoms with Crippen molar-refractivity contribution in [3.63, 3.8) is 0 Å². The summed E-state index contributed by atoms with van der Waals surface area (Å²) >= 11 is 0. The third kappa shape index (κ3) is 5.78. The minimum atomic E-state index is 1.06. The van der Waals surface area contributed by atoms with Crippen molar-refractivity contribution in [1.29, 1.82) is 0 Å². The molecule has 1 nitrogen and oxygen atoms in total. The van der Waals surface area contributed by atoms with Crippen LogP contribution >= 0.6 is 0 Å². The molecule has 0 heterocycles. The van der Waals surface area contributed by atoms with E-state index in [0.29, 0.717) is 0 Å². The molecule has 0 unspecified atom stereocenters. The smallest absolute Gasteiger partial charge is 0.00310 e. The maximum atomic E-state index is 3.86. The number of unbranched alkanes of at least 4 members (excludes halogenated alkanes) is 1. The first kappa shape index (κ1) is 11.0. The summed E-state index contributed by atoms with van der Waals surface area (Å²) < 4.78 is 0. The molecule has 0 aliphatic rings. The molecule has 68 valence electrons. The third-order valence-electron chi connectivity index (χ3n) is 1.87. The maximum absolute atomic E-state index is 3.86. The Labute approximate surface area is 75.9 Å². The molecule has 1 N–H and O–H groups in total. The van der Waals surface area contributed by atoms with Crippen LogP contribution in [0.3, 0.4) is 0 Å². The van der Waals surface area contributed by atoms with Crippen molar-refractivity contribution >= 4 is 0 Å². The number of hydrogen-bond donors (Lipinski definition) is 1. The molecule has 0 aromatic carbocycles. The molecule has 0 radical (unpaired) electrons. The van der Waals surface area contributed by atoms with Crippen LogP contribution in [-0.4, -0.2) is 7.05 Å². The predicted octanol–water partition coefficient (Wildman–Crippen LogP) is 3.02. The van der Waals surface area contributed by atoms with E-state index in [-0.39, 0.29) is 0 Å².